The Bertz CT molecular complexity index is 408. The van der Waals surface area contributed by atoms with Crippen molar-refractivity contribution in [2.75, 3.05) is 13.1 Å². The highest BCUT2D eigenvalue weighted by Crippen LogP contribution is 2.29. The molecule has 0 aliphatic heterocycles. The molecule has 2 nitrogen and oxygen atoms in total. The number of hydrogen-bond acceptors (Lipinski definition) is 3. The Labute approximate surface area is 129 Å². The second-order valence-electron chi connectivity index (χ2n) is 4.72. The van der Waals surface area contributed by atoms with Gasteiger partial charge in [0.1, 0.15) is 0 Å². The molecule has 1 rings (SSSR count). The Morgan fingerprint density at radius 3 is 2.16 bits per heavy atom. The number of Topliss-reactive ketones (excluding diaryl/α,β-unsaturated/α-hetero) is 1. The monoisotopic (exact) mass is 345 g/mol. The molecule has 0 saturated carbocycles. The van der Waals surface area contributed by atoms with Crippen molar-refractivity contribution in [3.05, 3.63) is 20.8 Å². The maximum atomic E-state index is 12.8. The summed E-state index contributed by atoms with van der Waals surface area (Å²) in [4.78, 5) is 16.3. The van der Waals surface area contributed by atoms with Gasteiger partial charge in [0.25, 0.3) is 0 Å². The third-order valence-corrected chi connectivity index (χ3v) is 5.64. The standard InChI is InChI=1S/C15H24BrNOS/c1-5-15(6-2,17(7-3)8-4)13(18)11-12-9-10-14(16)19-12/h9-10H,5-8,11H2,1-4H3. The maximum absolute atomic E-state index is 12.8. The van der Waals surface area contributed by atoms with E-state index in [1.807, 2.05) is 12.1 Å². The molecular formula is C15H24BrNOS. The summed E-state index contributed by atoms with van der Waals surface area (Å²) in [6.07, 6.45) is 2.32. The molecule has 1 heterocycles. The van der Waals surface area contributed by atoms with Crippen LogP contribution in [0.3, 0.4) is 0 Å². The maximum Gasteiger partial charge on any atom is 0.158 e. The molecule has 0 bridgehead atoms. The molecule has 0 N–H and O–H groups in total. The summed E-state index contributed by atoms with van der Waals surface area (Å²) in [6.45, 7) is 10.4. The number of likely N-dealkylation sites (N-methyl/N-ethyl adjacent to an activating group) is 1. The van der Waals surface area contributed by atoms with E-state index < -0.39 is 0 Å². The Kier molecular flexibility index (Phi) is 6.71. The molecule has 1 aromatic rings. The van der Waals surface area contributed by atoms with Crippen molar-refractivity contribution in [3.63, 3.8) is 0 Å². The lowest BCUT2D eigenvalue weighted by atomic mass is 9.84. The lowest BCUT2D eigenvalue weighted by molar-refractivity contribution is -0.131. The Balaban J connectivity index is 2.94. The number of carbonyl (C=O) groups excluding carboxylic acids is 1. The summed E-state index contributed by atoms with van der Waals surface area (Å²) in [5.41, 5.74) is -0.292. The fourth-order valence-corrected chi connectivity index (χ4v) is 4.35. The number of ketones is 1. The minimum atomic E-state index is -0.292. The molecule has 0 radical (unpaired) electrons. The normalized spacial score (nSPS) is 12.1. The van der Waals surface area contributed by atoms with Crippen molar-refractivity contribution < 1.29 is 4.79 Å². The molecule has 0 saturated heterocycles. The van der Waals surface area contributed by atoms with E-state index in [-0.39, 0.29) is 5.54 Å². The van der Waals surface area contributed by atoms with Gasteiger partial charge in [-0.15, -0.1) is 11.3 Å². The van der Waals surface area contributed by atoms with Gasteiger partial charge in [0.15, 0.2) is 5.78 Å². The largest absolute Gasteiger partial charge is 0.297 e. The fraction of sp³-hybridized carbons (Fsp3) is 0.667. The molecule has 0 atom stereocenters. The summed E-state index contributed by atoms with van der Waals surface area (Å²) < 4.78 is 1.09. The Morgan fingerprint density at radius 1 is 1.21 bits per heavy atom. The van der Waals surface area contributed by atoms with Gasteiger partial charge in [-0.05, 0) is 54.0 Å². The molecular weight excluding hydrogens is 322 g/mol. The van der Waals surface area contributed by atoms with Crippen LogP contribution in [0.25, 0.3) is 0 Å². The van der Waals surface area contributed by atoms with Crippen molar-refractivity contribution in [1.82, 2.24) is 4.90 Å². The highest BCUT2D eigenvalue weighted by atomic mass is 79.9. The molecule has 0 aliphatic carbocycles. The molecule has 19 heavy (non-hydrogen) atoms. The van der Waals surface area contributed by atoms with Crippen LogP contribution < -0.4 is 0 Å². The van der Waals surface area contributed by atoms with Crippen LogP contribution in [0.15, 0.2) is 15.9 Å². The quantitative estimate of drug-likeness (QED) is 0.690. The number of rotatable bonds is 8. The minimum Gasteiger partial charge on any atom is -0.297 e. The first-order valence-corrected chi connectivity index (χ1v) is 8.67. The predicted octanol–water partition coefficient (Wildman–Crippen LogP) is 4.52. The van der Waals surface area contributed by atoms with E-state index in [1.54, 1.807) is 11.3 Å². The lowest BCUT2D eigenvalue weighted by Crippen LogP contribution is -2.54. The van der Waals surface area contributed by atoms with Crippen molar-refractivity contribution in [1.29, 1.82) is 0 Å². The van der Waals surface area contributed by atoms with Gasteiger partial charge in [-0.2, -0.15) is 0 Å². The second kappa shape index (κ2) is 7.55. The number of thiophene rings is 1. The van der Waals surface area contributed by atoms with E-state index in [0.29, 0.717) is 12.2 Å². The Hall–Kier alpha value is -0.190. The van der Waals surface area contributed by atoms with Crippen molar-refractivity contribution in [3.8, 4) is 0 Å². The minimum absolute atomic E-state index is 0.292. The first-order chi connectivity index (χ1) is 9.03. The van der Waals surface area contributed by atoms with E-state index >= 15 is 0 Å². The summed E-state index contributed by atoms with van der Waals surface area (Å²) in [5, 5.41) is 0. The first kappa shape index (κ1) is 16.9. The average molecular weight is 346 g/mol. The molecule has 108 valence electrons. The predicted molar refractivity (Wildman–Crippen MR) is 87.0 cm³/mol. The van der Waals surface area contributed by atoms with Crippen LogP contribution in [0.2, 0.25) is 0 Å². The van der Waals surface area contributed by atoms with Crippen LogP contribution in [-0.4, -0.2) is 29.3 Å². The molecule has 0 amide bonds. The molecule has 0 aliphatic rings. The molecule has 0 spiro atoms. The lowest BCUT2D eigenvalue weighted by Gasteiger charge is -2.41. The van der Waals surface area contributed by atoms with Gasteiger partial charge in [0.2, 0.25) is 0 Å². The third-order valence-electron chi connectivity index (χ3n) is 4.02. The summed E-state index contributed by atoms with van der Waals surface area (Å²) in [6, 6.07) is 4.06. The van der Waals surface area contributed by atoms with Crippen LogP contribution in [0, 0.1) is 0 Å². The number of nitrogens with zero attached hydrogens (tertiary/aromatic N) is 1. The van der Waals surface area contributed by atoms with Crippen molar-refractivity contribution >= 4 is 33.0 Å². The van der Waals surface area contributed by atoms with Gasteiger partial charge in [-0.25, -0.2) is 0 Å². The van der Waals surface area contributed by atoms with Gasteiger partial charge >= 0.3 is 0 Å². The zero-order chi connectivity index (χ0) is 14.5. The smallest absolute Gasteiger partial charge is 0.158 e. The van der Waals surface area contributed by atoms with Crippen molar-refractivity contribution in [2.45, 2.75) is 52.5 Å². The van der Waals surface area contributed by atoms with E-state index in [1.165, 1.54) is 0 Å². The number of halogens is 1. The first-order valence-electron chi connectivity index (χ1n) is 7.06. The van der Waals surface area contributed by atoms with Gasteiger partial charge in [0, 0.05) is 11.3 Å². The summed E-state index contributed by atoms with van der Waals surface area (Å²) >= 11 is 5.12. The highest BCUT2D eigenvalue weighted by Gasteiger charge is 2.38. The van der Waals surface area contributed by atoms with Gasteiger partial charge < -0.3 is 0 Å². The topological polar surface area (TPSA) is 20.3 Å². The van der Waals surface area contributed by atoms with Crippen LogP contribution in [0.5, 0.6) is 0 Å². The molecule has 0 fully saturated rings. The summed E-state index contributed by atoms with van der Waals surface area (Å²) in [7, 11) is 0. The zero-order valence-corrected chi connectivity index (χ0v) is 14.7. The molecule has 4 heteroatoms. The van der Waals surface area contributed by atoms with Crippen molar-refractivity contribution in [2.24, 2.45) is 0 Å². The van der Waals surface area contributed by atoms with E-state index in [0.717, 1.165) is 34.6 Å². The van der Waals surface area contributed by atoms with E-state index in [9.17, 15) is 4.79 Å². The second-order valence-corrected chi connectivity index (χ2v) is 7.26. The van der Waals surface area contributed by atoms with Crippen LogP contribution in [0.4, 0.5) is 0 Å². The SMILES string of the molecule is CCN(CC)C(CC)(CC)C(=O)Cc1ccc(Br)s1. The van der Waals surface area contributed by atoms with Crippen LogP contribution in [-0.2, 0) is 11.2 Å². The molecule has 0 aromatic carbocycles. The van der Waals surface area contributed by atoms with Gasteiger partial charge in [0.05, 0.1) is 9.33 Å². The number of carbonyl (C=O) groups is 1. The van der Waals surface area contributed by atoms with E-state index in [2.05, 4.69) is 48.5 Å². The van der Waals surface area contributed by atoms with Gasteiger partial charge in [-0.3, -0.25) is 9.69 Å². The van der Waals surface area contributed by atoms with E-state index in [4.69, 9.17) is 0 Å². The fourth-order valence-electron chi connectivity index (χ4n) is 2.87. The number of hydrogen-bond donors (Lipinski definition) is 0. The van der Waals surface area contributed by atoms with Gasteiger partial charge in [-0.1, -0.05) is 27.7 Å². The highest BCUT2D eigenvalue weighted by molar-refractivity contribution is 9.11. The average Bonchev–Trinajstić information content (AvgIpc) is 2.81. The molecule has 0 unspecified atom stereocenters. The summed E-state index contributed by atoms with van der Waals surface area (Å²) in [5.74, 6) is 0.357. The molecule has 1 aromatic heterocycles. The zero-order valence-electron chi connectivity index (χ0n) is 12.3. The third kappa shape index (κ3) is 3.67. The van der Waals surface area contributed by atoms with Crippen LogP contribution >= 0.6 is 27.3 Å². The Morgan fingerprint density at radius 2 is 1.79 bits per heavy atom. The van der Waals surface area contributed by atoms with Crippen LogP contribution in [0.1, 0.15) is 45.4 Å².